The summed E-state index contributed by atoms with van der Waals surface area (Å²) in [6, 6.07) is 0. The van der Waals surface area contributed by atoms with Gasteiger partial charge in [0.15, 0.2) is 12.4 Å². The van der Waals surface area contributed by atoms with Crippen LogP contribution in [0.2, 0.25) is 0 Å². The number of aliphatic hydroxyl groups is 5. The molecule has 108 valence electrons. The molecule has 0 aliphatic heterocycles. The summed E-state index contributed by atoms with van der Waals surface area (Å²) >= 11 is 0. The van der Waals surface area contributed by atoms with Gasteiger partial charge in [-0.2, -0.15) is 0 Å². The van der Waals surface area contributed by atoms with Crippen molar-refractivity contribution in [1.82, 2.24) is 0 Å². The first-order chi connectivity index (χ1) is 8.07. The maximum absolute atomic E-state index is 9.84. The molecule has 9 heteroatoms. The van der Waals surface area contributed by atoms with Crippen LogP contribution >= 0.6 is 0 Å². The van der Waals surface area contributed by atoms with Gasteiger partial charge in [0, 0.05) is 6.42 Å². The monoisotopic (exact) mass is 270 g/mol. The topological polar surface area (TPSA) is 176 Å². The van der Waals surface area contributed by atoms with Crippen molar-refractivity contribution in [1.29, 1.82) is 0 Å². The Morgan fingerprint density at radius 2 is 1.44 bits per heavy atom. The Hall–Kier alpha value is -1.26. The molecule has 0 aromatic carbocycles. The van der Waals surface area contributed by atoms with Gasteiger partial charge in [-0.25, -0.2) is 4.79 Å². The van der Waals surface area contributed by atoms with Crippen LogP contribution in [0.1, 0.15) is 19.8 Å². The molecule has 0 radical (unpaired) electrons. The standard InChI is InChI=1S/C5H10O4.C4H8O5/c1-3(6)4(7)2-5(8)9;5-2(4(8)9)1-3(6)7/h3-4,6-7H,2H2,1H3,(H,8,9);2-3,5-7H,1H2,(H,8,9)/t3?,4-;2-/m10/s1. The quantitative estimate of drug-likeness (QED) is 0.254. The van der Waals surface area contributed by atoms with Gasteiger partial charge in [-0.3, -0.25) is 4.79 Å². The molecule has 0 fully saturated rings. The van der Waals surface area contributed by atoms with E-state index in [1.54, 1.807) is 0 Å². The normalized spacial score (nSPS) is 15.3. The molecular weight excluding hydrogens is 252 g/mol. The smallest absolute Gasteiger partial charge is 0.332 e. The Balaban J connectivity index is 0. The van der Waals surface area contributed by atoms with E-state index >= 15 is 0 Å². The summed E-state index contributed by atoms with van der Waals surface area (Å²) in [5.74, 6) is -2.56. The van der Waals surface area contributed by atoms with Crippen LogP contribution in [-0.2, 0) is 9.59 Å². The number of carboxylic acid groups (broad SMARTS) is 2. The lowest BCUT2D eigenvalue weighted by Crippen LogP contribution is -2.25. The number of aliphatic hydroxyl groups excluding tert-OH is 4. The second-order valence-corrected chi connectivity index (χ2v) is 3.48. The van der Waals surface area contributed by atoms with Gasteiger partial charge >= 0.3 is 11.9 Å². The number of hydrogen-bond donors (Lipinski definition) is 7. The summed E-state index contributed by atoms with van der Waals surface area (Å²) in [5, 5.41) is 57.8. The van der Waals surface area contributed by atoms with Crippen molar-refractivity contribution in [3.8, 4) is 0 Å². The van der Waals surface area contributed by atoms with Crippen LogP contribution in [0.15, 0.2) is 0 Å². The molecule has 0 aromatic heterocycles. The Morgan fingerprint density at radius 3 is 1.56 bits per heavy atom. The molecule has 0 spiro atoms. The maximum atomic E-state index is 9.84. The first-order valence-corrected chi connectivity index (χ1v) is 4.92. The summed E-state index contributed by atoms with van der Waals surface area (Å²) in [6.45, 7) is 1.34. The van der Waals surface area contributed by atoms with E-state index in [1.807, 2.05) is 0 Å². The van der Waals surface area contributed by atoms with E-state index < -0.39 is 49.4 Å². The minimum atomic E-state index is -1.77. The predicted octanol–water partition coefficient (Wildman–Crippen LogP) is -2.66. The zero-order valence-corrected chi connectivity index (χ0v) is 9.67. The highest BCUT2D eigenvalue weighted by atomic mass is 16.5. The van der Waals surface area contributed by atoms with Crippen molar-refractivity contribution >= 4 is 11.9 Å². The van der Waals surface area contributed by atoms with Gasteiger partial charge < -0.3 is 35.7 Å². The van der Waals surface area contributed by atoms with E-state index in [1.165, 1.54) is 6.92 Å². The Kier molecular flexibility index (Phi) is 10.3. The first-order valence-electron chi connectivity index (χ1n) is 4.92. The van der Waals surface area contributed by atoms with Gasteiger partial charge in [-0.1, -0.05) is 0 Å². The van der Waals surface area contributed by atoms with Gasteiger partial charge in [-0.15, -0.1) is 0 Å². The van der Waals surface area contributed by atoms with Gasteiger partial charge in [-0.05, 0) is 6.92 Å². The van der Waals surface area contributed by atoms with E-state index in [2.05, 4.69) is 0 Å². The van der Waals surface area contributed by atoms with Crippen LogP contribution in [0, 0.1) is 0 Å². The van der Waals surface area contributed by atoms with Crippen LogP contribution in [0.4, 0.5) is 0 Å². The van der Waals surface area contributed by atoms with Gasteiger partial charge in [0.25, 0.3) is 0 Å². The third-order valence-corrected chi connectivity index (χ3v) is 1.66. The largest absolute Gasteiger partial charge is 0.481 e. The minimum Gasteiger partial charge on any atom is -0.481 e. The highest BCUT2D eigenvalue weighted by molar-refractivity contribution is 5.71. The molecule has 18 heavy (non-hydrogen) atoms. The molecule has 0 aromatic rings. The lowest BCUT2D eigenvalue weighted by molar-refractivity contribution is -0.152. The Morgan fingerprint density at radius 1 is 1.00 bits per heavy atom. The summed E-state index contributed by atoms with van der Waals surface area (Å²) < 4.78 is 0. The average molecular weight is 270 g/mol. The van der Waals surface area contributed by atoms with Crippen LogP contribution in [0.5, 0.6) is 0 Å². The van der Waals surface area contributed by atoms with Crippen LogP contribution in [0.25, 0.3) is 0 Å². The second-order valence-electron chi connectivity index (χ2n) is 3.48. The molecule has 0 bridgehead atoms. The van der Waals surface area contributed by atoms with Crippen LogP contribution < -0.4 is 0 Å². The second kappa shape index (κ2) is 9.74. The van der Waals surface area contributed by atoms with Crippen molar-refractivity contribution in [3.05, 3.63) is 0 Å². The zero-order chi connectivity index (χ0) is 14.9. The number of hydrogen-bond acceptors (Lipinski definition) is 7. The van der Waals surface area contributed by atoms with Crippen LogP contribution in [0.3, 0.4) is 0 Å². The summed E-state index contributed by atoms with van der Waals surface area (Å²) in [5.41, 5.74) is 0. The average Bonchev–Trinajstić information content (AvgIpc) is 2.16. The number of rotatable bonds is 6. The van der Waals surface area contributed by atoms with Gasteiger partial charge in [0.2, 0.25) is 0 Å². The molecule has 0 saturated carbocycles. The number of carboxylic acids is 2. The number of carbonyl (C=O) groups is 2. The molecule has 0 aliphatic carbocycles. The van der Waals surface area contributed by atoms with E-state index in [0.717, 1.165) is 0 Å². The van der Waals surface area contributed by atoms with Gasteiger partial charge in [0.05, 0.1) is 18.6 Å². The fourth-order valence-corrected chi connectivity index (χ4v) is 0.650. The molecule has 0 aliphatic rings. The van der Waals surface area contributed by atoms with E-state index in [9.17, 15) is 9.59 Å². The molecule has 9 nitrogen and oxygen atoms in total. The highest BCUT2D eigenvalue weighted by Gasteiger charge is 2.15. The van der Waals surface area contributed by atoms with E-state index in [-0.39, 0.29) is 0 Å². The highest BCUT2D eigenvalue weighted by Crippen LogP contribution is 1.96. The SMILES string of the molecule is CC(O)[C@H](O)CC(=O)O.O=C(O)[C@@H](O)CC(O)O. The third kappa shape index (κ3) is 12.8. The molecule has 0 rings (SSSR count). The van der Waals surface area contributed by atoms with Gasteiger partial charge in [0.1, 0.15) is 0 Å². The van der Waals surface area contributed by atoms with Crippen molar-refractivity contribution in [2.45, 2.75) is 44.4 Å². The number of aliphatic carboxylic acids is 2. The Bertz CT molecular complexity index is 250. The van der Waals surface area contributed by atoms with Crippen molar-refractivity contribution in [2.24, 2.45) is 0 Å². The molecule has 0 saturated heterocycles. The van der Waals surface area contributed by atoms with E-state index in [0.29, 0.717) is 0 Å². The van der Waals surface area contributed by atoms with E-state index in [4.69, 9.17) is 35.7 Å². The first kappa shape index (κ1) is 19.1. The Labute approximate surface area is 103 Å². The lowest BCUT2D eigenvalue weighted by Gasteiger charge is -2.09. The lowest BCUT2D eigenvalue weighted by atomic mass is 10.2. The minimum absolute atomic E-state index is 0.405. The molecular formula is C9H18O9. The summed E-state index contributed by atoms with van der Waals surface area (Å²) in [6.07, 6.45) is -6.54. The molecule has 0 amide bonds. The molecule has 1 unspecified atom stereocenters. The molecule has 3 atom stereocenters. The van der Waals surface area contributed by atoms with Crippen molar-refractivity contribution in [3.63, 3.8) is 0 Å². The maximum Gasteiger partial charge on any atom is 0.332 e. The summed E-state index contributed by atoms with van der Waals surface area (Å²) in [7, 11) is 0. The fraction of sp³-hybridized carbons (Fsp3) is 0.778. The van der Waals surface area contributed by atoms with Crippen molar-refractivity contribution < 1.29 is 45.3 Å². The zero-order valence-electron chi connectivity index (χ0n) is 9.67. The molecule has 0 heterocycles. The summed E-state index contributed by atoms with van der Waals surface area (Å²) in [4.78, 5) is 19.6. The third-order valence-electron chi connectivity index (χ3n) is 1.66. The van der Waals surface area contributed by atoms with Crippen molar-refractivity contribution in [2.75, 3.05) is 0 Å². The predicted molar refractivity (Wildman–Crippen MR) is 56.4 cm³/mol. The molecule has 7 N–H and O–H groups in total. The van der Waals surface area contributed by atoms with Crippen LogP contribution in [-0.4, -0.2) is 72.3 Å². The fourth-order valence-electron chi connectivity index (χ4n) is 0.650.